The van der Waals surface area contributed by atoms with Crippen LogP contribution in [-0.4, -0.2) is 15.2 Å². The third-order valence-corrected chi connectivity index (χ3v) is 2.47. The van der Waals surface area contributed by atoms with Crippen LogP contribution in [0.3, 0.4) is 0 Å². The summed E-state index contributed by atoms with van der Waals surface area (Å²) in [4.78, 5) is 8.95. The van der Waals surface area contributed by atoms with Crippen molar-refractivity contribution in [3.63, 3.8) is 0 Å². The summed E-state index contributed by atoms with van der Waals surface area (Å²) in [5.41, 5.74) is 6.01. The Bertz CT molecular complexity index is 667. The lowest BCUT2D eigenvalue weighted by atomic mass is 10.2. The molecule has 0 saturated carbocycles. The normalized spacial score (nSPS) is 10.8. The van der Waals surface area contributed by atoms with Crippen molar-refractivity contribution in [3.8, 4) is 0 Å². The Morgan fingerprint density at radius 3 is 2.12 bits per heavy atom. The minimum Gasteiger partial charge on any atom is -0.291 e. The molecule has 0 bridgehead atoms. The third kappa shape index (κ3) is 1.36. The maximum Gasteiger partial charge on any atom is 0.0916 e. The molecular weight excluding hydrogens is 202 g/mol. The first-order chi connectivity index (χ1) is 7.86. The Labute approximate surface area is 91.5 Å². The Morgan fingerprint density at radius 1 is 0.812 bits per heavy atom. The topological polar surface area (TPSA) is 58.0 Å². The van der Waals surface area contributed by atoms with Crippen LogP contribution in [0.15, 0.2) is 42.5 Å². The number of rotatable bonds is 1. The summed E-state index contributed by atoms with van der Waals surface area (Å²) in [5.74, 6) is 0. The Kier molecular flexibility index (Phi) is 1.94. The molecule has 0 atom stereocenters. The van der Waals surface area contributed by atoms with Crippen molar-refractivity contribution in [2.24, 2.45) is 0 Å². The van der Waals surface area contributed by atoms with E-state index in [1.807, 2.05) is 30.3 Å². The SMILES string of the molecule is ONc1ccc2nc3ccccc3nc2c1. The molecule has 3 aromatic rings. The van der Waals surface area contributed by atoms with Gasteiger partial charge >= 0.3 is 0 Å². The van der Waals surface area contributed by atoms with Crippen molar-refractivity contribution >= 4 is 27.8 Å². The fourth-order valence-corrected chi connectivity index (χ4v) is 1.69. The Balaban J connectivity index is 2.37. The van der Waals surface area contributed by atoms with Crippen LogP contribution < -0.4 is 5.48 Å². The van der Waals surface area contributed by atoms with Crippen LogP contribution in [-0.2, 0) is 0 Å². The van der Waals surface area contributed by atoms with Gasteiger partial charge in [0.15, 0.2) is 0 Å². The van der Waals surface area contributed by atoms with E-state index in [2.05, 4.69) is 15.4 Å². The molecule has 0 fully saturated rings. The van der Waals surface area contributed by atoms with E-state index < -0.39 is 0 Å². The van der Waals surface area contributed by atoms with Crippen molar-refractivity contribution < 1.29 is 5.21 Å². The van der Waals surface area contributed by atoms with Gasteiger partial charge in [0.1, 0.15) is 0 Å². The average molecular weight is 211 g/mol. The van der Waals surface area contributed by atoms with Gasteiger partial charge in [0.05, 0.1) is 27.8 Å². The summed E-state index contributed by atoms with van der Waals surface area (Å²) in [7, 11) is 0. The molecule has 4 heteroatoms. The number of hydrogen-bond acceptors (Lipinski definition) is 4. The highest BCUT2D eigenvalue weighted by atomic mass is 16.5. The van der Waals surface area contributed by atoms with Gasteiger partial charge < -0.3 is 0 Å². The van der Waals surface area contributed by atoms with E-state index in [4.69, 9.17) is 5.21 Å². The van der Waals surface area contributed by atoms with Crippen LogP contribution in [0, 0.1) is 0 Å². The number of para-hydroxylation sites is 2. The van der Waals surface area contributed by atoms with Crippen LogP contribution in [0.4, 0.5) is 5.69 Å². The molecule has 0 aliphatic carbocycles. The molecule has 0 spiro atoms. The predicted molar refractivity (Wildman–Crippen MR) is 62.5 cm³/mol. The molecular formula is C12H9N3O. The van der Waals surface area contributed by atoms with Crippen LogP contribution in [0.25, 0.3) is 22.1 Å². The Hall–Kier alpha value is -2.20. The molecule has 0 saturated heterocycles. The fourth-order valence-electron chi connectivity index (χ4n) is 1.69. The number of nitrogens with one attached hydrogen (secondary N) is 1. The summed E-state index contributed by atoms with van der Waals surface area (Å²) in [6, 6.07) is 13.1. The minimum absolute atomic E-state index is 0.608. The zero-order chi connectivity index (χ0) is 11.0. The standard InChI is InChI=1S/C12H9N3O/c16-15-8-5-6-11-12(7-8)14-10-4-2-1-3-9(10)13-11/h1-7,15-16H. The smallest absolute Gasteiger partial charge is 0.0916 e. The van der Waals surface area contributed by atoms with E-state index in [-0.39, 0.29) is 0 Å². The highest BCUT2D eigenvalue weighted by Gasteiger charge is 2.01. The quantitative estimate of drug-likeness (QED) is 0.479. The molecule has 78 valence electrons. The molecule has 3 rings (SSSR count). The zero-order valence-electron chi connectivity index (χ0n) is 8.38. The van der Waals surface area contributed by atoms with E-state index in [0.29, 0.717) is 5.69 Å². The first kappa shape index (κ1) is 9.06. The van der Waals surface area contributed by atoms with Gasteiger partial charge in [0.25, 0.3) is 0 Å². The molecule has 0 radical (unpaired) electrons. The summed E-state index contributed by atoms with van der Waals surface area (Å²) in [6.07, 6.45) is 0. The summed E-state index contributed by atoms with van der Waals surface area (Å²) >= 11 is 0. The lowest BCUT2D eigenvalue weighted by Crippen LogP contribution is -1.91. The van der Waals surface area contributed by atoms with E-state index in [0.717, 1.165) is 22.1 Å². The highest BCUT2D eigenvalue weighted by Crippen LogP contribution is 2.18. The molecule has 2 N–H and O–H groups in total. The number of hydrogen-bond donors (Lipinski definition) is 2. The van der Waals surface area contributed by atoms with Gasteiger partial charge in [-0.1, -0.05) is 12.1 Å². The molecule has 16 heavy (non-hydrogen) atoms. The number of benzene rings is 2. The Morgan fingerprint density at radius 2 is 1.44 bits per heavy atom. The van der Waals surface area contributed by atoms with E-state index in [9.17, 15) is 0 Å². The second-order valence-electron chi connectivity index (χ2n) is 3.53. The van der Waals surface area contributed by atoms with Crippen molar-refractivity contribution in [2.75, 3.05) is 5.48 Å². The summed E-state index contributed by atoms with van der Waals surface area (Å²) < 4.78 is 0. The first-order valence-corrected chi connectivity index (χ1v) is 4.93. The second kappa shape index (κ2) is 3.43. The fraction of sp³-hybridized carbons (Fsp3) is 0. The number of fused-ring (bicyclic) bond motifs is 2. The predicted octanol–water partition coefficient (Wildman–Crippen LogP) is 2.58. The molecule has 4 nitrogen and oxygen atoms in total. The molecule has 2 aromatic carbocycles. The molecule has 0 unspecified atom stereocenters. The maximum atomic E-state index is 8.81. The lowest BCUT2D eigenvalue weighted by Gasteiger charge is -2.02. The summed E-state index contributed by atoms with van der Waals surface area (Å²) in [5, 5.41) is 8.81. The molecule has 1 aromatic heterocycles. The maximum absolute atomic E-state index is 8.81. The van der Waals surface area contributed by atoms with Crippen LogP contribution in [0.1, 0.15) is 0 Å². The monoisotopic (exact) mass is 211 g/mol. The summed E-state index contributed by atoms with van der Waals surface area (Å²) in [6.45, 7) is 0. The van der Waals surface area contributed by atoms with Crippen molar-refractivity contribution in [2.45, 2.75) is 0 Å². The average Bonchev–Trinajstić information content (AvgIpc) is 2.35. The van der Waals surface area contributed by atoms with Crippen LogP contribution in [0.2, 0.25) is 0 Å². The third-order valence-electron chi connectivity index (χ3n) is 2.47. The van der Waals surface area contributed by atoms with Gasteiger partial charge in [-0.05, 0) is 30.3 Å². The number of anilines is 1. The largest absolute Gasteiger partial charge is 0.291 e. The molecule has 0 aliphatic rings. The first-order valence-electron chi connectivity index (χ1n) is 4.93. The second-order valence-corrected chi connectivity index (χ2v) is 3.53. The molecule has 1 heterocycles. The van der Waals surface area contributed by atoms with Gasteiger partial charge in [-0.2, -0.15) is 0 Å². The van der Waals surface area contributed by atoms with Crippen molar-refractivity contribution in [1.29, 1.82) is 0 Å². The molecule has 0 aliphatic heterocycles. The lowest BCUT2D eigenvalue weighted by molar-refractivity contribution is 0.389. The highest BCUT2D eigenvalue weighted by molar-refractivity contribution is 5.87. The van der Waals surface area contributed by atoms with Crippen molar-refractivity contribution in [1.82, 2.24) is 9.97 Å². The molecule has 0 amide bonds. The van der Waals surface area contributed by atoms with Crippen molar-refractivity contribution in [3.05, 3.63) is 42.5 Å². The van der Waals surface area contributed by atoms with Gasteiger partial charge in [-0.15, -0.1) is 0 Å². The minimum atomic E-state index is 0.608. The van der Waals surface area contributed by atoms with Crippen LogP contribution in [0.5, 0.6) is 0 Å². The van der Waals surface area contributed by atoms with E-state index in [1.165, 1.54) is 0 Å². The number of nitrogens with zero attached hydrogens (tertiary/aromatic N) is 2. The van der Waals surface area contributed by atoms with Gasteiger partial charge in [0, 0.05) is 0 Å². The van der Waals surface area contributed by atoms with Crippen LogP contribution >= 0.6 is 0 Å². The number of aromatic nitrogens is 2. The zero-order valence-corrected chi connectivity index (χ0v) is 8.38. The van der Waals surface area contributed by atoms with E-state index >= 15 is 0 Å². The van der Waals surface area contributed by atoms with E-state index in [1.54, 1.807) is 12.1 Å². The van der Waals surface area contributed by atoms with Gasteiger partial charge in [-0.25, -0.2) is 9.97 Å². The van der Waals surface area contributed by atoms with Gasteiger partial charge in [0.2, 0.25) is 0 Å². The van der Waals surface area contributed by atoms with Gasteiger partial charge in [-0.3, -0.25) is 10.7 Å².